The van der Waals surface area contributed by atoms with Crippen molar-refractivity contribution in [2.45, 2.75) is 0 Å². The number of benzene rings is 1. The quantitative estimate of drug-likeness (QED) is 0.537. The Morgan fingerprint density at radius 1 is 0.900 bits per heavy atom. The fourth-order valence-electron chi connectivity index (χ4n) is 2.14. The maximum Gasteiger partial charge on any atom is 0.229 e. The number of furan rings is 1. The third-order valence-electron chi connectivity index (χ3n) is 3.21. The number of thiophene rings is 1. The Morgan fingerprint density at radius 2 is 1.75 bits per heavy atom. The molecule has 3 aromatic heterocycles. The number of nitrogens with zero attached hydrogens (tertiary/aromatic N) is 2. The Labute approximate surface area is 119 Å². The Kier molecular flexibility index (Phi) is 2.60. The molecule has 0 atom stereocenters. The van der Waals surface area contributed by atoms with Crippen molar-refractivity contribution in [3.8, 4) is 22.5 Å². The van der Waals surface area contributed by atoms with Crippen molar-refractivity contribution in [2.75, 3.05) is 0 Å². The normalized spacial score (nSPS) is 11.0. The first-order valence-corrected chi connectivity index (χ1v) is 7.18. The lowest BCUT2D eigenvalue weighted by Crippen LogP contribution is -1.88. The number of hydrogen-bond donors (Lipinski definition) is 0. The highest BCUT2D eigenvalue weighted by Gasteiger charge is 2.05. The second-order valence-corrected chi connectivity index (χ2v) is 5.24. The van der Waals surface area contributed by atoms with E-state index in [2.05, 4.69) is 38.9 Å². The number of hydrogen-bond acceptors (Lipinski definition) is 4. The van der Waals surface area contributed by atoms with Crippen molar-refractivity contribution in [3.05, 3.63) is 59.6 Å². The van der Waals surface area contributed by atoms with E-state index in [0.717, 1.165) is 10.9 Å². The van der Waals surface area contributed by atoms with Gasteiger partial charge in [0.25, 0.3) is 0 Å². The summed E-state index contributed by atoms with van der Waals surface area (Å²) in [4.78, 5) is 8.79. The maximum atomic E-state index is 5.31. The highest BCUT2D eigenvalue weighted by Crippen LogP contribution is 2.25. The highest BCUT2D eigenvalue weighted by atomic mass is 32.1. The van der Waals surface area contributed by atoms with Gasteiger partial charge in [-0.1, -0.05) is 24.3 Å². The summed E-state index contributed by atoms with van der Waals surface area (Å²) in [6.07, 6.45) is 3.41. The first-order chi connectivity index (χ1) is 9.90. The molecule has 0 unspecified atom stereocenters. The lowest BCUT2D eigenvalue weighted by Gasteiger charge is -2.02. The van der Waals surface area contributed by atoms with Crippen LogP contribution in [0.25, 0.3) is 33.6 Å². The van der Waals surface area contributed by atoms with Crippen LogP contribution in [0, 0.1) is 0 Å². The molecule has 0 amide bonds. The molecule has 0 bridgehead atoms. The number of fused-ring (bicyclic) bond motifs is 1. The molecule has 4 heteroatoms. The van der Waals surface area contributed by atoms with Crippen LogP contribution in [0.4, 0.5) is 0 Å². The van der Waals surface area contributed by atoms with E-state index in [-0.39, 0.29) is 0 Å². The molecular weight excluding hydrogens is 268 g/mol. The Morgan fingerprint density at radius 3 is 2.55 bits per heavy atom. The zero-order valence-electron chi connectivity index (χ0n) is 10.5. The molecule has 0 saturated carbocycles. The smallest absolute Gasteiger partial charge is 0.229 e. The van der Waals surface area contributed by atoms with Crippen LogP contribution in [-0.4, -0.2) is 9.97 Å². The molecule has 4 aromatic rings. The minimum Gasteiger partial charge on any atom is -0.446 e. The Balaban J connectivity index is 1.74. The molecule has 0 aliphatic rings. The van der Waals surface area contributed by atoms with E-state index in [1.807, 2.05) is 18.2 Å². The van der Waals surface area contributed by atoms with Crippen molar-refractivity contribution in [1.82, 2.24) is 9.97 Å². The Hall–Kier alpha value is -2.46. The molecule has 0 fully saturated rings. The number of rotatable bonds is 2. The van der Waals surface area contributed by atoms with E-state index in [0.29, 0.717) is 11.5 Å². The van der Waals surface area contributed by atoms with E-state index < -0.39 is 0 Å². The van der Waals surface area contributed by atoms with Crippen LogP contribution in [0.5, 0.6) is 0 Å². The zero-order valence-corrected chi connectivity index (χ0v) is 11.3. The maximum absolute atomic E-state index is 5.31. The molecule has 0 spiro atoms. The summed E-state index contributed by atoms with van der Waals surface area (Å²) in [6, 6.07) is 12.2. The van der Waals surface area contributed by atoms with Crippen molar-refractivity contribution in [2.24, 2.45) is 0 Å². The lowest BCUT2D eigenvalue weighted by atomic mass is 10.1. The van der Waals surface area contributed by atoms with E-state index in [1.165, 1.54) is 11.1 Å². The molecule has 0 aliphatic heterocycles. The lowest BCUT2D eigenvalue weighted by molar-refractivity contribution is 0.603. The van der Waals surface area contributed by atoms with Crippen LogP contribution in [0.15, 0.2) is 64.0 Å². The fourth-order valence-corrected chi connectivity index (χ4v) is 2.80. The summed E-state index contributed by atoms with van der Waals surface area (Å²) >= 11 is 1.70. The third kappa shape index (κ3) is 1.90. The van der Waals surface area contributed by atoms with Gasteiger partial charge in [-0.2, -0.15) is 16.3 Å². The second kappa shape index (κ2) is 4.58. The average molecular weight is 278 g/mol. The van der Waals surface area contributed by atoms with E-state index >= 15 is 0 Å². The van der Waals surface area contributed by atoms with Crippen LogP contribution in [0.3, 0.4) is 0 Å². The molecule has 0 N–H and O–H groups in total. The molecule has 96 valence electrons. The summed E-state index contributed by atoms with van der Waals surface area (Å²) in [6.45, 7) is 0. The van der Waals surface area contributed by atoms with Crippen LogP contribution in [0.1, 0.15) is 0 Å². The topological polar surface area (TPSA) is 38.9 Å². The fraction of sp³-hybridized carbons (Fsp3) is 0. The van der Waals surface area contributed by atoms with Gasteiger partial charge < -0.3 is 4.42 Å². The van der Waals surface area contributed by atoms with E-state index in [1.54, 1.807) is 23.8 Å². The van der Waals surface area contributed by atoms with Crippen LogP contribution >= 0.6 is 11.3 Å². The van der Waals surface area contributed by atoms with Crippen LogP contribution in [0.2, 0.25) is 0 Å². The van der Waals surface area contributed by atoms with Crippen molar-refractivity contribution in [1.29, 1.82) is 0 Å². The van der Waals surface area contributed by atoms with Gasteiger partial charge in [0.15, 0.2) is 5.82 Å². The van der Waals surface area contributed by atoms with Gasteiger partial charge in [-0.3, -0.25) is 0 Å². The Bertz CT molecular complexity index is 848. The predicted molar refractivity (Wildman–Crippen MR) is 80.6 cm³/mol. The van der Waals surface area contributed by atoms with Crippen molar-refractivity contribution in [3.63, 3.8) is 0 Å². The SMILES string of the molecule is c1cc2cnc(-c3ccc(-c4ccsc4)cc3)nc2o1. The van der Waals surface area contributed by atoms with E-state index in [4.69, 9.17) is 4.42 Å². The summed E-state index contributed by atoms with van der Waals surface area (Å²) in [5.74, 6) is 0.685. The van der Waals surface area contributed by atoms with Crippen molar-refractivity contribution >= 4 is 22.4 Å². The van der Waals surface area contributed by atoms with Crippen LogP contribution in [-0.2, 0) is 0 Å². The third-order valence-corrected chi connectivity index (χ3v) is 3.89. The van der Waals surface area contributed by atoms with Gasteiger partial charge >= 0.3 is 0 Å². The van der Waals surface area contributed by atoms with Gasteiger partial charge in [0.05, 0.1) is 11.6 Å². The van der Waals surface area contributed by atoms with E-state index in [9.17, 15) is 0 Å². The summed E-state index contributed by atoms with van der Waals surface area (Å²) in [7, 11) is 0. The standard InChI is InChI=1S/C16H10N2OS/c1-3-12(4-2-11(1)14-6-8-20-10-14)15-17-9-13-5-7-19-16(13)18-15/h1-10H. The largest absolute Gasteiger partial charge is 0.446 e. The highest BCUT2D eigenvalue weighted by molar-refractivity contribution is 7.08. The van der Waals surface area contributed by atoms with Gasteiger partial charge in [-0.25, -0.2) is 4.98 Å². The molecule has 0 aliphatic carbocycles. The molecule has 1 aromatic carbocycles. The zero-order chi connectivity index (χ0) is 13.4. The van der Waals surface area contributed by atoms with Gasteiger partial charge in [0, 0.05) is 11.8 Å². The van der Waals surface area contributed by atoms with Gasteiger partial charge in [-0.05, 0) is 34.0 Å². The van der Waals surface area contributed by atoms with Gasteiger partial charge in [-0.15, -0.1) is 0 Å². The molecule has 4 rings (SSSR count). The first kappa shape index (κ1) is 11.4. The van der Waals surface area contributed by atoms with Gasteiger partial charge in [0.1, 0.15) is 0 Å². The summed E-state index contributed by atoms with van der Waals surface area (Å²) < 4.78 is 5.31. The molecule has 20 heavy (non-hydrogen) atoms. The molecule has 0 saturated heterocycles. The monoisotopic (exact) mass is 278 g/mol. The predicted octanol–water partition coefficient (Wildman–Crippen LogP) is 4.62. The minimum atomic E-state index is 0.622. The second-order valence-electron chi connectivity index (χ2n) is 4.46. The molecule has 0 radical (unpaired) electrons. The van der Waals surface area contributed by atoms with Crippen molar-refractivity contribution < 1.29 is 4.42 Å². The molecule has 3 heterocycles. The average Bonchev–Trinajstić information content (AvgIpc) is 3.18. The summed E-state index contributed by atoms with van der Waals surface area (Å²) in [5, 5.41) is 5.14. The minimum absolute atomic E-state index is 0.622. The molecular formula is C16H10N2OS. The first-order valence-electron chi connectivity index (χ1n) is 6.23. The number of aromatic nitrogens is 2. The van der Waals surface area contributed by atoms with Crippen LogP contribution < -0.4 is 0 Å². The molecule has 3 nitrogen and oxygen atoms in total. The van der Waals surface area contributed by atoms with Gasteiger partial charge in [0.2, 0.25) is 5.71 Å². The summed E-state index contributed by atoms with van der Waals surface area (Å²) in [5.41, 5.74) is 4.05.